The first-order chi connectivity index (χ1) is 14.3. The highest BCUT2D eigenvalue weighted by molar-refractivity contribution is 6.32. The van der Waals surface area contributed by atoms with Gasteiger partial charge in [0.05, 0.1) is 10.7 Å². The average Bonchev–Trinajstić information content (AvgIpc) is 3.33. The number of rotatable bonds is 7. The zero-order valence-electron chi connectivity index (χ0n) is 16.6. The van der Waals surface area contributed by atoms with E-state index in [1.54, 1.807) is 0 Å². The van der Waals surface area contributed by atoms with Crippen molar-refractivity contribution in [1.29, 1.82) is 0 Å². The van der Waals surface area contributed by atoms with E-state index in [1.165, 1.54) is 18.5 Å². The molecule has 1 N–H and O–H groups in total. The van der Waals surface area contributed by atoms with Gasteiger partial charge in [0.25, 0.3) is 0 Å². The fourth-order valence-corrected chi connectivity index (χ4v) is 3.44. The van der Waals surface area contributed by atoms with Gasteiger partial charge in [-0.05, 0) is 39.2 Å². The Hall–Kier alpha value is -2.24. The molecule has 0 bridgehead atoms. The fourth-order valence-electron chi connectivity index (χ4n) is 3.21. The summed E-state index contributed by atoms with van der Waals surface area (Å²) in [5.74, 6) is -0.525. The zero-order valence-corrected chi connectivity index (χ0v) is 17.4. The van der Waals surface area contributed by atoms with Gasteiger partial charge < -0.3 is 5.32 Å². The molecular weight excluding hydrogens is 452 g/mol. The van der Waals surface area contributed by atoms with Gasteiger partial charge in [0, 0.05) is 24.7 Å². The van der Waals surface area contributed by atoms with Gasteiger partial charge in [-0.2, -0.15) is 36.5 Å². The Bertz CT molecular complexity index is 960. The van der Waals surface area contributed by atoms with E-state index in [0.29, 0.717) is 12.1 Å². The molecule has 0 radical (unpaired) electrons. The van der Waals surface area contributed by atoms with Crippen molar-refractivity contribution in [2.24, 2.45) is 0 Å². The summed E-state index contributed by atoms with van der Waals surface area (Å²) in [4.78, 5) is 12.3. The third kappa shape index (κ3) is 5.16. The summed E-state index contributed by atoms with van der Waals surface area (Å²) in [5, 5.41) is 9.04. The predicted molar refractivity (Wildman–Crippen MR) is 98.5 cm³/mol. The van der Waals surface area contributed by atoms with Crippen LogP contribution >= 0.6 is 11.6 Å². The number of nitrogens with zero attached hydrogens (tertiary/aromatic N) is 4. The zero-order chi connectivity index (χ0) is 23.1. The number of hydrogen-bond acceptors (Lipinski definition) is 3. The van der Waals surface area contributed by atoms with Crippen LogP contribution in [0.15, 0.2) is 6.07 Å². The number of alkyl halides is 6. The van der Waals surface area contributed by atoms with Crippen LogP contribution in [0.25, 0.3) is 0 Å². The minimum Gasteiger partial charge on any atom is -0.354 e. The van der Waals surface area contributed by atoms with Crippen LogP contribution < -0.4 is 5.32 Å². The maximum atomic E-state index is 12.9. The molecule has 1 atom stereocenters. The Balaban J connectivity index is 1.58. The largest absolute Gasteiger partial charge is 0.436 e. The SMILES string of the molecule is Cc1c(Cl)c(C(F)(F)F)nn1C(C)C(=O)NCCCn1nc(C(F)(F)F)cc1C1CC1. The van der Waals surface area contributed by atoms with Crippen LogP contribution in [0.5, 0.6) is 0 Å². The molecule has 2 heterocycles. The van der Waals surface area contributed by atoms with Crippen molar-refractivity contribution in [3.05, 3.63) is 33.9 Å². The first kappa shape index (κ1) is 23.4. The number of aryl methyl sites for hydroxylation is 1. The topological polar surface area (TPSA) is 64.7 Å². The summed E-state index contributed by atoms with van der Waals surface area (Å²) in [6, 6.07) is -0.00185. The summed E-state index contributed by atoms with van der Waals surface area (Å²) in [6.07, 6.45) is -7.37. The van der Waals surface area contributed by atoms with Gasteiger partial charge in [-0.1, -0.05) is 11.6 Å². The van der Waals surface area contributed by atoms with E-state index < -0.39 is 40.7 Å². The maximum Gasteiger partial charge on any atom is 0.436 e. The number of amides is 1. The number of carbonyl (C=O) groups excluding carboxylic acids is 1. The Morgan fingerprint density at radius 1 is 1.23 bits per heavy atom. The van der Waals surface area contributed by atoms with Crippen molar-refractivity contribution in [3.63, 3.8) is 0 Å². The summed E-state index contributed by atoms with van der Waals surface area (Å²) in [5.41, 5.74) is -1.69. The lowest BCUT2D eigenvalue weighted by atomic mass is 10.2. The smallest absolute Gasteiger partial charge is 0.354 e. The van der Waals surface area contributed by atoms with Crippen molar-refractivity contribution >= 4 is 17.5 Å². The van der Waals surface area contributed by atoms with Crippen LogP contribution in [0.2, 0.25) is 5.02 Å². The molecular formula is C18H20ClF6N5O. The molecule has 6 nitrogen and oxygen atoms in total. The average molecular weight is 472 g/mol. The summed E-state index contributed by atoms with van der Waals surface area (Å²) >= 11 is 5.70. The summed E-state index contributed by atoms with van der Waals surface area (Å²) in [7, 11) is 0. The highest BCUT2D eigenvalue weighted by Crippen LogP contribution is 2.42. The lowest BCUT2D eigenvalue weighted by Crippen LogP contribution is -2.33. The molecule has 0 aliphatic heterocycles. The maximum absolute atomic E-state index is 12.9. The molecule has 13 heteroatoms. The van der Waals surface area contributed by atoms with Crippen LogP contribution in [-0.2, 0) is 23.7 Å². The first-order valence-electron chi connectivity index (χ1n) is 9.55. The monoisotopic (exact) mass is 471 g/mol. The van der Waals surface area contributed by atoms with Gasteiger partial charge in [0.1, 0.15) is 6.04 Å². The second kappa shape index (κ2) is 8.36. The van der Waals surface area contributed by atoms with Gasteiger partial charge in [-0.15, -0.1) is 0 Å². The molecule has 1 saturated carbocycles. The molecule has 1 fully saturated rings. The number of carbonyl (C=O) groups is 1. The van der Waals surface area contributed by atoms with Crippen LogP contribution in [0.3, 0.4) is 0 Å². The van der Waals surface area contributed by atoms with E-state index >= 15 is 0 Å². The predicted octanol–water partition coefficient (Wildman–Crippen LogP) is 4.72. The molecule has 3 rings (SSSR count). The molecule has 1 aliphatic carbocycles. The molecule has 0 aromatic carbocycles. The Morgan fingerprint density at radius 2 is 1.87 bits per heavy atom. The van der Waals surface area contributed by atoms with Gasteiger partial charge in [-0.3, -0.25) is 14.2 Å². The first-order valence-corrected chi connectivity index (χ1v) is 9.93. The van der Waals surface area contributed by atoms with Crippen molar-refractivity contribution < 1.29 is 31.1 Å². The van der Waals surface area contributed by atoms with Gasteiger partial charge in [-0.25, -0.2) is 0 Å². The Labute approximate surface area is 178 Å². The van der Waals surface area contributed by atoms with Crippen molar-refractivity contribution in [2.45, 2.75) is 64.0 Å². The Kier molecular flexibility index (Phi) is 6.32. The number of halogens is 7. The van der Waals surface area contributed by atoms with Crippen LogP contribution in [0.1, 0.15) is 60.9 Å². The van der Waals surface area contributed by atoms with Crippen LogP contribution in [-0.4, -0.2) is 32.0 Å². The normalized spacial score (nSPS) is 15.9. The highest BCUT2D eigenvalue weighted by atomic mass is 35.5. The molecule has 1 unspecified atom stereocenters. The van der Waals surface area contributed by atoms with E-state index in [4.69, 9.17) is 11.6 Å². The minimum absolute atomic E-state index is 0.00179. The second-order valence-electron chi connectivity index (χ2n) is 7.46. The molecule has 2 aromatic heterocycles. The molecule has 0 saturated heterocycles. The fraction of sp³-hybridized carbons (Fsp3) is 0.611. The lowest BCUT2D eigenvalue weighted by molar-refractivity contribution is -0.142. The third-order valence-corrected chi connectivity index (χ3v) is 5.49. The molecule has 31 heavy (non-hydrogen) atoms. The Morgan fingerprint density at radius 3 is 2.39 bits per heavy atom. The van der Waals surface area contributed by atoms with E-state index in [2.05, 4.69) is 15.5 Å². The van der Waals surface area contributed by atoms with Crippen LogP contribution in [0.4, 0.5) is 26.3 Å². The van der Waals surface area contributed by atoms with Gasteiger partial charge in [0.2, 0.25) is 5.91 Å². The van der Waals surface area contributed by atoms with Crippen molar-refractivity contribution in [2.75, 3.05) is 6.54 Å². The van der Waals surface area contributed by atoms with Crippen molar-refractivity contribution in [1.82, 2.24) is 24.9 Å². The quantitative estimate of drug-likeness (QED) is 0.469. The molecule has 0 spiro atoms. The number of aromatic nitrogens is 4. The molecule has 1 amide bonds. The van der Waals surface area contributed by atoms with E-state index in [1.807, 2.05) is 0 Å². The molecule has 2 aromatic rings. The van der Waals surface area contributed by atoms with Crippen molar-refractivity contribution in [3.8, 4) is 0 Å². The third-order valence-electron chi connectivity index (χ3n) is 5.03. The van der Waals surface area contributed by atoms with E-state index in [0.717, 1.165) is 23.6 Å². The van der Waals surface area contributed by atoms with Gasteiger partial charge >= 0.3 is 12.4 Å². The standard InChI is InChI=1S/C18H20ClF6N5O/c1-9-14(19)15(18(23,24)25)28-30(9)10(2)16(31)26-6-3-7-29-12(11-4-5-11)8-13(27-29)17(20,21)22/h8,10-11H,3-7H2,1-2H3,(H,26,31). The van der Waals surface area contributed by atoms with E-state index in [-0.39, 0.29) is 24.7 Å². The minimum atomic E-state index is -4.75. The van der Waals surface area contributed by atoms with E-state index in [9.17, 15) is 31.1 Å². The lowest BCUT2D eigenvalue weighted by Gasteiger charge is -2.15. The molecule has 1 aliphatic rings. The summed E-state index contributed by atoms with van der Waals surface area (Å²) < 4.78 is 79.8. The summed E-state index contributed by atoms with van der Waals surface area (Å²) in [6.45, 7) is 2.97. The van der Waals surface area contributed by atoms with Crippen LogP contribution in [0, 0.1) is 6.92 Å². The molecule has 172 valence electrons. The number of nitrogens with one attached hydrogen (secondary N) is 1. The highest BCUT2D eigenvalue weighted by Gasteiger charge is 2.39. The second-order valence-corrected chi connectivity index (χ2v) is 7.84. The number of hydrogen-bond donors (Lipinski definition) is 1. The van der Waals surface area contributed by atoms with Gasteiger partial charge in [0.15, 0.2) is 11.4 Å².